The van der Waals surface area contributed by atoms with E-state index in [0.717, 1.165) is 6.54 Å². The van der Waals surface area contributed by atoms with Crippen molar-refractivity contribution in [2.75, 3.05) is 5.75 Å². The second-order valence-electron chi connectivity index (χ2n) is 3.75. The molecular formula is C12H12NS2+. The minimum Gasteiger partial charge on any atom is -0.175 e. The second kappa shape index (κ2) is 3.65. The number of thiazole rings is 1. The van der Waals surface area contributed by atoms with E-state index in [0.29, 0.717) is 0 Å². The topological polar surface area (TPSA) is 3.88 Å². The maximum atomic E-state index is 2.43. The predicted octanol–water partition coefficient (Wildman–Crippen LogP) is 3.12. The van der Waals surface area contributed by atoms with E-state index in [4.69, 9.17) is 0 Å². The SMILES string of the molecule is Cc1ccc(-c2csc3[n+]2CCS3)cc1. The summed E-state index contributed by atoms with van der Waals surface area (Å²) in [6.07, 6.45) is 0. The van der Waals surface area contributed by atoms with Gasteiger partial charge in [0.1, 0.15) is 0 Å². The average Bonchev–Trinajstić information content (AvgIpc) is 2.80. The summed E-state index contributed by atoms with van der Waals surface area (Å²) in [6.45, 7) is 3.29. The maximum absolute atomic E-state index is 2.43. The van der Waals surface area contributed by atoms with Gasteiger partial charge in [0, 0.05) is 5.56 Å². The molecule has 0 amide bonds. The van der Waals surface area contributed by atoms with E-state index >= 15 is 0 Å². The van der Waals surface area contributed by atoms with Crippen LogP contribution in [0.25, 0.3) is 11.3 Å². The van der Waals surface area contributed by atoms with Gasteiger partial charge in [-0.15, -0.1) is 0 Å². The second-order valence-corrected chi connectivity index (χ2v) is 5.95. The smallest absolute Gasteiger partial charge is 0.175 e. The van der Waals surface area contributed by atoms with E-state index in [1.165, 1.54) is 26.9 Å². The Bertz CT molecular complexity index is 485. The van der Waals surface area contributed by atoms with Crippen LogP contribution in [0.1, 0.15) is 5.56 Å². The highest BCUT2D eigenvalue weighted by Gasteiger charge is 2.27. The van der Waals surface area contributed by atoms with Crippen LogP contribution in [-0.2, 0) is 6.54 Å². The molecule has 2 heterocycles. The largest absolute Gasteiger partial charge is 0.298 e. The van der Waals surface area contributed by atoms with E-state index < -0.39 is 0 Å². The Labute approximate surface area is 97.8 Å². The molecule has 0 N–H and O–H groups in total. The molecule has 3 heteroatoms. The molecular weight excluding hydrogens is 222 g/mol. The van der Waals surface area contributed by atoms with Crippen LogP contribution in [0, 0.1) is 6.92 Å². The van der Waals surface area contributed by atoms with Crippen molar-refractivity contribution < 1.29 is 4.57 Å². The number of thioether (sulfide) groups is 1. The first-order chi connectivity index (χ1) is 7.34. The first-order valence-corrected chi connectivity index (χ1v) is 6.92. The Hall–Kier alpha value is -0.800. The zero-order valence-corrected chi connectivity index (χ0v) is 10.2. The fourth-order valence-corrected chi connectivity index (χ4v) is 4.08. The molecule has 1 nitrogen and oxygen atoms in total. The van der Waals surface area contributed by atoms with E-state index in [1.807, 2.05) is 23.1 Å². The summed E-state index contributed by atoms with van der Waals surface area (Å²) in [5, 5.41) is 2.27. The Balaban J connectivity index is 2.09. The molecule has 3 rings (SSSR count). The lowest BCUT2D eigenvalue weighted by Gasteiger charge is -1.96. The lowest BCUT2D eigenvalue weighted by Crippen LogP contribution is -2.32. The summed E-state index contributed by atoms with van der Waals surface area (Å²) in [4.78, 5) is 0. The zero-order chi connectivity index (χ0) is 10.3. The molecule has 0 radical (unpaired) electrons. The summed E-state index contributed by atoms with van der Waals surface area (Å²) in [5.74, 6) is 1.23. The molecule has 1 aromatic carbocycles. The molecule has 0 spiro atoms. The zero-order valence-electron chi connectivity index (χ0n) is 8.56. The van der Waals surface area contributed by atoms with Crippen LogP contribution in [0.2, 0.25) is 0 Å². The Kier molecular flexibility index (Phi) is 2.29. The summed E-state index contributed by atoms with van der Waals surface area (Å²) in [6, 6.07) is 8.80. The van der Waals surface area contributed by atoms with Gasteiger partial charge in [-0.2, -0.15) is 4.57 Å². The van der Waals surface area contributed by atoms with E-state index in [9.17, 15) is 0 Å². The molecule has 76 valence electrons. The van der Waals surface area contributed by atoms with Gasteiger partial charge in [-0.1, -0.05) is 29.0 Å². The van der Waals surface area contributed by atoms with Crippen LogP contribution in [-0.4, -0.2) is 5.75 Å². The molecule has 0 atom stereocenters. The predicted molar refractivity (Wildman–Crippen MR) is 65.4 cm³/mol. The van der Waals surface area contributed by atoms with Crippen LogP contribution < -0.4 is 4.57 Å². The molecule has 0 aliphatic carbocycles. The molecule has 0 bridgehead atoms. The Morgan fingerprint density at radius 2 is 2.00 bits per heavy atom. The van der Waals surface area contributed by atoms with Crippen molar-refractivity contribution in [1.82, 2.24) is 0 Å². The van der Waals surface area contributed by atoms with Crippen molar-refractivity contribution in [2.45, 2.75) is 17.8 Å². The highest BCUT2D eigenvalue weighted by atomic mass is 32.2. The van der Waals surface area contributed by atoms with Crippen LogP contribution in [0.5, 0.6) is 0 Å². The third kappa shape index (κ3) is 1.60. The Morgan fingerprint density at radius 3 is 2.80 bits per heavy atom. The molecule has 0 saturated heterocycles. The van der Waals surface area contributed by atoms with Crippen molar-refractivity contribution in [2.24, 2.45) is 0 Å². The summed E-state index contributed by atoms with van der Waals surface area (Å²) in [7, 11) is 0. The lowest BCUT2D eigenvalue weighted by molar-refractivity contribution is -0.706. The van der Waals surface area contributed by atoms with E-state index in [2.05, 4.69) is 41.1 Å². The quantitative estimate of drug-likeness (QED) is 0.686. The van der Waals surface area contributed by atoms with Gasteiger partial charge >= 0.3 is 0 Å². The minimum absolute atomic E-state index is 1.16. The average molecular weight is 234 g/mol. The fraction of sp³-hybridized carbons (Fsp3) is 0.250. The number of fused-ring (bicyclic) bond motifs is 1. The number of aryl methyl sites for hydroxylation is 1. The van der Waals surface area contributed by atoms with Crippen molar-refractivity contribution in [3.8, 4) is 11.3 Å². The summed E-state index contributed by atoms with van der Waals surface area (Å²) in [5.41, 5.74) is 4.04. The van der Waals surface area contributed by atoms with Gasteiger partial charge in [-0.05, 0) is 30.8 Å². The normalized spacial score (nSPS) is 14.2. The molecule has 0 fully saturated rings. The lowest BCUT2D eigenvalue weighted by atomic mass is 10.1. The number of rotatable bonds is 1. The van der Waals surface area contributed by atoms with Gasteiger partial charge in [0.05, 0.1) is 11.1 Å². The Morgan fingerprint density at radius 1 is 1.20 bits per heavy atom. The molecule has 15 heavy (non-hydrogen) atoms. The fourth-order valence-electron chi connectivity index (χ4n) is 1.83. The monoisotopic (exact) mass is 234 g/mol. The van der Waals surface area contributed by atoms with Gasteiger partial charge in [0.25, 0.3) is 4.34 Å². The number of hydrogen-bond acceptors (Lipinski definition) is 2. The van der Waals surface area contributed by atoms with E-state index in [-0.39, 0.29) is 0 Å². The van der Waals surface area contributed by atoms with Gasteiger partial charge in [0.15, 0.2) is 6.54 Å². The number of nitrogens with zero attached hydrogens (tertiary/aromatic N) is 1. The third-order valence-electron chi connectivity index (χ3n) is 2.67. The molecule has 1 aromatic heterocycles. The standard InChI is InChI=1S/C12H12NS2/c1-9-2-4-10(5-3-9)11-8-15-12-13(11)6-7-14-12/h2-5,8H,6-7H2,1H3/q+1. The third-order valence-corrected chi connectivity index (χ3v) is 4.93. The summed E-state index contributed by atoms with van der Waals surface area (Å²) >= 11 is 3.83. The van der Waals surface area contributed by atoms with Gasteiger partial charge in [-0.25, -0.2) is 0 Å². The van der Waals surface area contributed by atoms with Crippen molar-refractivity contribution in [1.29, 1.82) is 0 Å². The molecule has 2 aromatic rings. The number of benzene rings is 1. The van der Waals surface area contributed by atoms with E-state index in [1.54, 1.807) is 0 Å². The summed E-state index contributed by atoms with van der Waals surface area (Å²) < 4.78 is 3.88. The van der Waals surface area contributed by atoms with Gasteiger partial charge in [0.2, 0.25) is 5.69 Å². The van der Waals surface area contributed by atoms with Crippen LogP contribution in [0.4, 0.5) is 0 Å². The molecule has 1 aliphatic heterocycles. The highest BCUT2D eigenvalue weighted by Crippen LogP contribution is 2.30. The van der Waals surface area contributed by atoms with Crippen molar-refractivity contribution in [3.05, 3.63) is 35.2 Å². The maximum Gasteiger partial charge on any atom is 0.298 e. The van der Waals surface area contributed by atoms with Crippen molar-refractivity contribution in [3.63, 3.8) is 0 Å². The molecule has 0 saturated carbocycles. The van der Waals surface area contributed by atoms with Crippen LogP contribution in [0.3, 0.4) is 0 Å². The molecule has 1 aliphatic rings. The minimum atomic E-state index is 1.16. The number of aromatic nitrogens is 1. The van der Waals surface area contributed by atoms with Crippen LogP contribution in [0.15, 0.2) is 34.0 Å². The highest BCUT2D eigenvalue weighted by molar-refractivity contribution is 8.01. The van der Waals surface area contributed by atoms with Gasteiger partial charge in [-0.3, -0.25) is 0 Å². The van der Waals surface area contributed by atoms with Crippen LogP contribution >= 0.6 is 23.1 Å². The molecule has 0 unspecified atom stereocenters. The number of hydrogen-bond donors (Lipinski definition) is 0. The first kappa shape index (κ1) is 9.43. The first-order valence-electron chi connectivity index (χ1n) is 5.06. The van der Waals surface area contributed by atoms with Gasteiger partial charge < -0.3 is 0 Å². The van der Waals surface area contributed by atoms with Crippen molar-refractivity contribution >= 4 is 23.1 Å².